The molecule has 136 valence electrons. The van der Waals surface area contributed by atoms with Crippen molar-refractivity contribution in [3.63, 3.8) is 0 Å². The van der Waals surface area contributed by atoms with Crippen LogP contribution in [0.5, 0.6) is 0 Å². The van der Waals surface area contributed by atoms with Crippen LogP contribution in [0.2, 0.25) is 0 Å². The van der Waals surface area contributed by atoms with E-state index in [4.69, 9.17) is 28.3 Å². The number of rotatable bonds is 5. The number of aliphatic hydroxyl groups is 1. The monoisotopic (exact) mass is 346 g/mol. The molecule has 0 saturated heterocycles. The van der Waals surface area contributed by atoms with Gasteiger partial charge in [0.2, 0.25) is 0 Å². The molecule has 0 bridgehead atoms. The number of aromatic nitrogens is 1. The predicted octanol–water partition coefficient (Wildman–Crippen LogP) is -0.814. The molecule has 25 heavy (non-hydrogen) atoms. The Bertz CT molecular complexity index is 661. The topological polar surface area (TPSA) is 186 Å². The first-order valence-corrected chi connectivity index (χ1v) is 8.10. The maximum atomic E-state index is 10.4. The molecule has 1 aromatic rings. The summed E-state index contributed by atoms with van der Waals surface area (Å²) in [5.41, 5.74) is 24.3. The Morgan fingerprint density at radius 1 is 1.16 bits per heavy atom. The van der Waals surface area contributed by atoms with Crippen molar-refractivity contribution in [1.29, 1.82) is 5.41 Å². The van der Waals surface area contributed by atoms with E-state index in [2.05, 4.69) is 15.0 Å². The molecule has 0 aromatic carbocycles. The van der Waals surface area contributed by atoms with Gasteiger partial charge in [-0.25, -0.2) is 9.98 Å². The van der Waals surface area contributed by atoms with Crippen molar-refractivity contribution in [2.75, 3.05) is 0 Å². The number of guanidine groups is 2. The van der Waals surface area contributed by atoms with E-state index in [0.29, 0.717) is 25.0 Å². The summed E-state index contributed by atoms with van der Waals surface area (Å²) in [6.45, 7) is 1.75. The molecule has 0 amide bonds. The Kier molecular flexibility index (Phi) is 5.92. The fourth-order valence-corrected chi connectivity index (χ4v) is 3.19. The minimum Gasteiger partial charge on any atom is -0.391 e. The lowest BCUT2D eigenvalue weighted by Gasteiger charge is -2.35. The van der Waals surface area contributed by atoms with Crippen molar-refractivity contribution in [3.05, 3.63) is 29.6 Å². The van der Waals surface area contributed by atoms with Gasteiger partial charge in [0.25, 0.3) is 0 Å². The molecule has 1 aliphatic rings. The molecular weight excluding hydrogens is 320 g/mol. The Hall–Kier alpha value is -2.68. The van der Waals surface area contributed by atoms with E-state index in [9.17, 15) is 5.11 Å². The van der Waals surface area contributed by atoms with E-state index in [0.717, 1.165) is 11.3 Å². The lowest BCUT2D eigenvalue weighted by Crippen LogP contribution is -2.42. The summed E-state index contributed by atoms with van der Waals surface area (Å²) in [5.74, 6) is -0.237. The highest BCUT2D eigenvalue weighted by Crippen LogP contribution is 2.36. The fourth-order valence-electron chi connectivity index (χ4n) is 3.19. The lowest BCUT2D eigenvalue weighted by molar-refractivity contribution is 0.0902. The lowest BCUT2D eigenvalue weighted by atomic mass is 9.78. The Labute approximate surface area is 146 Å². The summed E-state index contributed by atoms with van der Waals surface area (Å²) in [6.07, 6.45) is 2.42. The van der Waals surface area contributed by atoms with Crippen LogP contribution in [-0.2, 0) is 6.42 Å². The van der Waals surface area contributed by atoms with Crippen molar-refractivity contribution in [2.45, 2.75) is 50.3 Å². The normalized spacial score (nSPS) is 25.8. The van der Waals surface area contributed by atoms with Gasteiger partial charge in [-0.05, 0) is 31.4 Å². The summed E-state index contributed by atoms with van der Waals surface area (Å²) in [7, 11) is 0. The number of aliphatic hydroxyl groups excluding tert-OH is 1. The van der Waals surface area contributed by atoms with Crippen LogP contribution in [0, 0.1) is 5.41 Å². The SMILES string of the molecule is CC(=N)Cc1ccc([C@H]2C[C@@H](O)[C@H](N=C(N)N)C[C@@H]2N=C(N)N)nc1. The van der Waals surface area contributed by atoms with Gasteiger partial charge in [0, 0.05) is 29.9 Å². The van der Waals surface area contributed by atoms with Gasteiger partial charge in [-0.3, -0.25) is 4.98 Å². The smallest absolute Gasteiger partial charge is 0.186 e. The first-order chi connectivity index (χ1) is 11.8. The summed E-state index contributed by atoms with van der Waals surface area (Å²) >= 11 is 0. The second-order valence-corrected chi connectivity index (χ2v) is 6.44. The highest BCUT2D eigenvalue weighted by atomic mass is 16.3. The van der Waals surface area contributed by atoms with Gasteiger partial charge in [-0.1, -0.05) is 6.07 Å². The molecule has 9 heteroatoms. The quantitative estimate of drug-likeness (QED) is 0.299. The molecule has 1 heterocycles. The van der Waals surface area contributed by atoms with E-state index < -0.39 is 12.1 Å². The standard InChI is InChI=1S/C16H26N8O/c1-8(17)4-9-2-3-11(22-7-9)10-5-14(25)13(24-16(20)21)6-12(10)23-15(18)19/h2-3,7,10,12-14,17,25H,4-6H2,1H3,(H4,18,19,23)(H4,20,21,24)/t10-,12+,13-,14-/m1/s1. The maximum Gasteiger partial charge on any atom is 0.186 e. The molecule has 2 rings (SSSR count). The van der Waals surface area contributed by atoms with Gasteiger partial charge in [0.15, 0.2) is 11.9 Å². The van der Waals surface area contributed by atoms with Gasteiger partial charge < -0.3 is 33.5 Å². The third-order valence-electron chi connectivity index (χ3n) is 4.21. The highest BCUT2D eigenvalue weighted by molar-refractivity contribution is 5.80. The van der Waals surface area contributed by atoms with Crippen LogP contribution in [0.1, 0.15) is 36.9 Å². The summed E-state index contributed by atoms with van der Waals surface area (Å²) in [5, 5.41) is 17.9. The number of hydrogen-bond acceptors (Lipinski definition) is 5. The average Bonchev–Trinajstić information content (AvgIpc) is 2.49. The van der Waals surface area contributed by atoms with E-state index in [1.165, 1.54) is 0 Å². The number of aliphatic imine (C=N–C) groups is 2. The molecule has 0 spiro atoms. The van der Waals surface area contributed by atoms with Crippen LogP contribution in [0.3, 0.4) is 0 Å². The molecule has 1 aliphatic carbocycles. The zero-order chi connectivity index (χ0) is 18.6. The molecule has 1 fully saturated rings. The van der Waals surface area contributed by atoms with Crippen molar-refractivity contribution >= 4 is 17.6 Å². The zero-order valence-electron chi connectivity index (χ0n) is 14.3. The van der Waals surface area contributed by atoms with Gasteiger partial charge in [0.1, 0.15) is 0 Å². The summed E-state index contributed by atoms with van der Waals surface area (Å²) in [6, 6.07) is 3.10. The van der Waals surface area contributed by atoms with Crippen LogP contribution in [0.25, 0.3) is 0 Å². The highest BCUT2D eigenvalue weighted by Gasteiger charge is 2.38. The molecule has 0 radical (unpaired) electrons. The maximum absolute atomic E-state index is 10.4. The minimum atomic E-state index is -0.706. The summed E-state index contributed by atoms with van der Waals surface area (Å²) < 4.78 is 0. The zero-order valence-corrected chi connectivity index (χ0v) is 14.3. The first kappa shape index (κ1) is 18.7. The second kappa shape index (κ2) is 7.93. The Morgan fingerprint density at radius 2 is 1.80 bits per heavy atom. The minimum absolute atomic E-state index is 0.0223. The molecule has 4 atom stereocenters. The molecule has 0 aliphatic heterocycles. The van der Waals surface area contributed by atoms with Crippen molar-refractivity contribution in [3.8, 4) is 0 Å². The van der Waals surface area contributed by atoms with Gasteiger partial charge in [-0.15, -0.1) is 0 Å². The average molecular weight is 346 g/mol. The predicted molar refractivity (Wildman–Crippen MR) is 98.5 cm³/mol. The number of pyridine rings is 1. The molecule has 1 saturated carbocycles. The number of nitrogens with two attached hydrogens (primary N) is 4. The molecule has 1 aromatic heterocycles. The van der Waals surface area contributed by atoms with Crippen LogP contribution in [0.15, 0.2) is 28.3 Å². The van der Waals surface area contributed by atoms with E-state index in [1.807, 2.05) is 12.1 Å². The first-order valence-electron chi connectivity index (χ1n) is 8.10. The number of hydrogen-bond donors (Lipinski definition) is 6. The van der Waals surface area contributed by atoms with Crippen LogP contribution >= 0.6 is 0 Å². The second-order valence-electron chi connectivity index (χ2n) is 6.44. The van der Waals surface area contributed by atoms with Gasteiger partial charge >= 0.3 is 0 Å². The van der Waals surface area contributed by atoms with Crippen LogP contribution < -0.4 is 22.9 Å². The number of nitrogens with zero attached hydrogens (tertiary/aromatic N) is 3. The third-order valence-corrected chi connectivity index (χ3v) is 4.21. The molecule has 0 unspecified atom stereocenters. The fraction of sp³-hybridized carbons (Fsp3) is 0.500. The van der Waals surface area contributed by atoms with Gasteiger partial charge in [0.05, 0.1) is 18.2 Å². The molecular formula is C16H26N8O. The van der Waals surface area contributed by atoms with Crippen LogP contribution in [0.4, 0.5) is 0 Å². The largest absolute Gasteiger partial charge is 0.391 e. The Morgan fingerprint density at radius 3 is 2.32 bits per heavy atom. The third kappa shape index (κ3) is 5.15. The van der Waals surface area contributed by atoms with E-state index in [1.54, 1.807) is 13.1 Å². The Balaban J connectivity index is 2.26. The molecule has 9 nitrogen and oxygen atoms in total. The summed E-state index contributed by atoms with van der Waals surface area (Å²) in [4.78, 5) is 12.9. The van der Waals surface area contributed by atoms with E-state index in [-0.39, 0.29) is 23.9 Å². The van der Waals surface area contributed by atoms with Crippen molar-refractivity contribution in [1.82, 2.24) is 4.98 Å². The number of nitrogens with one attached hydrogen (secondary N) is 1. The van der Waals surface area contributed by atoms with Crippen molar-refractivity contribution in [2.24, 2.45) is 32.9 Å². The van der Waals surface area contributed by atoms with E-state index >= 15 is 0 Å². The van der Waals surface area contributed by atoms with Crippen molar-refractivity contribution < 1.29 is 5.11 Å². The van der Waals surface area contributed by atoms with Gasteiger partial charge in [-0.2, -0.15) is 0 Å². The molecule has 10 N–H and O–H groups in total. The van der Waals surface area contributed by atoms with Crippen LogP contribution in [-0.4, -0.2) is 45.9 Å².